The first-order valence-corrected chi connectivity index (χ1v) is 12.4. The maximum absolute atomic E-state index is 13.2. The zero-order valence-corrected chi connectivity index (χ0v) is 20.3. The summed E-state index contributed by atoms with van der Waals surface area (Å²) < 4.78 is 17.5. The Morgan fingerprint density at radius 3 is 2.97 bits per heavy atom. The monoisotopic (exact) mass is 476 g/mol. The number of carbonyl (C=O) groups excluding carboxylic acids is 1. The molecule has 4 aliphatic rings. The van der Waals surface area contributed by atoms with Crippen LogP contribution in [0, 0.1) is 0 Å². The molecule has 1 saturated carbocycles. The Bertz CT molecular complexity index is 1190. The summed E-state index contributed by atoms with van der Waals surface area (Å²) in [5.41, 5.74) is 1.61. The SMILES string of the molecule is C=CCN1CC[C@]23c4c5ccc(OC)c4O[C@H]2[C@@H](N(C)C(=O)/C=C/c2ccoc2)CC[C@@]3(O)[C@H]1C5. The molecule has 1 spiro atoms. The number of ether oxygens (including phenoxy) is 2. The first-order valence-electron chi connectivity index (χ1n) is 12.4. The highest BCUT2D eigenvalue weighted by molar-refractivity contribution is 5.92. The fourth-order valence-corrected chi connectivity index (χ4v) is 7.35. The van der Waals surface area contributed by atoms with Gasteiger partial charge in [-0.25, -0.2) is 0 Å². The Kier molecular flexibility index (Phi) is 5.13. The van der Waals surface area contributed by atoms with Gasteiger partial charge in [-0.2, -0.15) is 0 Å². The summed E-state index contributed by atoms with van der Waals surface area (Å²) in [5, 5.41) is 12.5. The number of methoxy groups -OCH3 is 1. The van der Waals surface area contributed by atoms with Gasteiger partial charge < -0.3 is 23.9 Å². The van der Waals surface area contributed by atoms with Crippen molar-refractivity contribution in [3.05, 3.63) is 66.1 Å². The van der Waals surface area contributed by atoms with Crippen LogP contribution >= 0.6 is 0 Å². The number of hydrogen-bond donors (Lipinski definition) is 1. The first kappa shape index (κ1) is 22.4. The van der Waals surface area contributed by atoms with E-state index in [1.165, 1.54) is 5.56 Å². The average molecular weight is 477 g/mol. The van der Waals surface area contributed by atoms with E-state index in [4.69, 9.17) is 13.9 Å². The van der Waals surface area contributed by atoms with E-state index in [9.17, 15) is 9.90 Å². The van der Waals surface area contributed by atoms with Crippen molar-refractivity contribution in [2.75, 3.05) is 27.2 Å². The molecule has 2 fully saturated rings. The van der Waals surface area contributed by atoms with Gasteiger partial charge in [0.15, 0.2) is 11.5 Å². The van der Waals surface area contributed by atoms with Crippen molar-refractivity contribution in [1.29, 1.82) is 0 Å². The second-order valence-corrected chi connectivity index (χ2v) is 10.3. The van der Waals surface area contributed by atoms with Crippen LogP contribution in [0.2, 0.25) is 0 Å². The van der Waals surface area contributed by atoms with E-state index in [1.54, 1.807) is 36.7 Å². The molecule has 2 bridgehead atoms. The van der Waals surface area contributed by atoms with E-state index in [1.807, 2.05) is 25.3 Å². The molecule has 2 aliphatic heterocycles. The molecular weight excluding hydrogens is 444 g/mol. The second kappa shape index (κ2) is 8.00. The van der Waals surface area contributed by atoms with Gasteiger partial charge >= 0.3 is 0 Å². The van der Waals surface area contributed by atoms with E-state index >= 15 is 0 Å². The molecule has 1 N–H and O–H groups in total. The van der Waals surface area contributed by atoms with Crippen LogP contribution in [-0.2, 0) is 16.6 Å². The van der Waals surface area contributed by atoms with Crippen molar-refractivity contribution in [3.8, 4) is 11.5 Å². The van der Waals surface area contributed by atoms with Gasteiger partial charge in [-0.15, -0.1) is 6.58 Å². The average Bonchev–Trinajstić information content (AvgIpc) is 3.49. The lowest BCUT2D eigenvalue weighted by molar-refractivity contribution is -0.198. The third kappa shape index (κ3) is 2.94. The fraction of sp³-hybridized carbons (Fsp3) is 0.464. The molecular formula is C28H32N2O5. The van der Waals surface area contributed by atoms with Crippen molar-refractivity contribution in [3.63, 3.8) is 0 Å². The molecule has 5 atom stereocenters. The predicted octanol–water partition coefficient (Wildman–Crippen LogP) is 3.17. The molecule has 3 heterocycles. The Morgan fingerprint density at radius 2 is 2.23 bits per heavy atom. The van der Waals surface area contributed by atoms with Crippen LogP contribution in [0.5, 0.6) is 11.5 Å². The van der Waals surface area contributed by atoms with E-state index in [0.29, 0.717) is 18.6 Å². The number of amides is 1. The van der Waals surface area contributed by atoms with Gasteiger partial charge in [0.2, 0.25) is 5.91 Å². The maximum atomic E-state index is 13.2. The van der Waals surface area contributed by atoms with Crippen LogP contribution in [-0.4, -0.2) is 71.8 Å². The molecule has 184 valence electrons. The third-order valence-electron chi connectivity index (χ3n) is 8.92. The van der Waals surface area contributed by atoms with E-state index in [-0.39, 0.29) is 24.1 Å². The maximum Gasteiger partial charge on any atom is 0.246 e. The first-order chi connectivity index (χ1) is 16.9. The largest absolute Gasteiger partial charge is 0.493 e. The lowest BCUT2D eigenvalue weighted by Gasteiger charge is -2.64. The van der Waals surface area contributed by atoms with Gasteiger partial charge in [0, 0.05) is 36.8 Å². The van der Waals surface area contributed by atoms with Crippen LogP contribution < -0.4 is 9.47 Å². The molecule has 0 unspecified atom stereocenters. The van der Waals surface area contributed by atoms with Crippen molar-refractivity contribution >= 4 is 12.0 Å². The number of likely N-dealkylation sites (tertiary alicyclic amines) is 1. The smallest absolute Gasteiger partial charge is 0.246 e. The van der Waals surface area contributed by atoms with Crippen molar-refractivity contribution in [2.45, 2.75) is 54.9 Å². The van der Waals surface area contributed by atoms with Crippen LogP contribution in [0.3, 0.4) is 0 Å². The van der Waals surface area contributed by atoms with E-state index < -0.39 is 11.0 Å². The highest BCUT2D eigenvalue weighted by Gasteiger charge is 2.73. The van der Waals surface area contributed by atoms with Gasteiger partial charge in [0.05, 0.1) is 36.7 Å². The number of furan rings is 1. The number of hydrogen-bond acceptors (Lipinski definition) is 6. The van der Waals surface area contributed by atoms with Gasteiger partial charge in [-0.3, -0.25) is 9.69 Å². The molecule has 2 aliphatic carbocycles. The zero-order valence-electron chi connectivity index (χ0n) is 20.3. The summed E-state index contributed by atoms with van der Waals surface area (Å²) in [4.78, 5) is 17.4. The van der Waals surface area contributed by atoms with Crippen LogP contribution in [0.1, 0.15) is 36.0 Å². The summed E-state index contributed by atoms with van der Waals surface area (Å²) in [5.74, 6) is 1.33. The highest BCUT2D eigenvalue weighted by Crippen LogP contribution is 2.65. The van der Waals surface area contributed by atoms with Crippen molar-refractivity contribution < 1.29 is 23.8 Å². The number of benzene rings is 1. The third-order valence-corrected chi connectivity index (χ3v) is 8.92. The summed E-state index contributed by atoms with van der Waals surface area (Å²) in [7, 11) is 3.49. The molecule has 7 heteroatoms. The number of nitrogens with zero attached hydrogens (tertiary/aromatic N) is 2. The Balaban J connectivity index is 1.42. The fourth-order valence-electron chi connectivity index (χ4n) is 7.35. The van der Waals surface area contributed by atoms with E-state index in [2.05, 4.69) is 17.5 Å². The minimum Gasteiger partial charge on any atom is -0.493 e. The molecule has 1 saturated heterocycles. The normalized spacial score (nSPS) is 32.7. The van der Waals surface area contributed by atoms with Gasteiger partial charge in [-0.1, -0.05) is 12.1 Å². The van der Waals surface area contributed by atoms with Crippen molar-refractivity contribution in [2.24, 2.45) is 0 Å². The van der Waals surface area contributed by atoms with Crippen LogP contribution in [0.4, 0.5) is 0 Å². The number of aliphatic hydroxyl groups is 1. The molecule has 6 rings (SSSR count). The summed E-state index contributed by atoms with van der Waals surface area (Å²) >= 11 is 0. The number of rotatable bonds is 6. The van der Waals surface area contributed by atoms with Crippen LogP contribution in [0.15, 0.2) is 53.9 Å². The molecule has 7 nitrogen and oxygen atoms in total. The quantitative estimate of drug-likeness (QED) is 0.510. The Labute approximate surface area is 205 Å². The Hall–Kier alpha value is -3.03. The lowest BCUT2D eigenvalue weighted by atomic mass is 9.48. The topological polar surface area (TPSA) is 75.4 Å². The molecule has 1 amide bonds. The standard InChI is InChI=1S/C28H32N2O5/c1-4-13-30-14-12-27-24-19-6-7-21(33-3)25(24)35-26(27)20(9-11-28(27,32)22(30)16-19)29(2)23(31)8-5-18-10-15-34-17-18/h4-8,10,15,17,20,22,26,32H,1,9,11-14,16H2,2-3H3/b8-5+/t20-,22+,26-,27-,28+/m0/s1. The molecule has 2 aromatic rings. The zero-order chi connectivity index (χ0) is 24.4. The Morgan fingerprint density at radius 1 is 1.37 bits per heavy atom. The van der Waals surface area contributed by atoms with Gasteiger partial charge in [-0.05, 0) is 56.0 Å². The van der Waals surface area contributed by atoms with Gasteiger partial charge in [0.1, 0.15) is 6.10 Å². The summed E-state index contributed by atoms with van der Waals surface area (Å²) in [6.07, 6.45) is 10.9. The molecule has 1 aromatic heterocycles. The minimum atomic E-state index is -0.948. The van der Waals surface area contributed by atoms with Crippen LogP contribution in [0.25, 0.3) is 6.08 Å². The predicted molar refractivity (Wildman–Crippen MR) is 131 cm³/mol. The van der Waals surface area contributed by atoms with Gasteiger partial charge in [0.25, 0.3) is 0 Å². The summed E-state index contributed by atoms with van der Waals surface area (Å²) in [6, 6.07) is 5.72. The van der Waals surface area contributed by atoms with Crippen molar-refractivity contribution in [1.82, 2.24) is 9.80 Å². The molecule has 0 radical (unpaired) electrons. The second-order valence-electron chi connectivity index (χ2n) is 10.3. The molecule has 1 aromatic carbocycles. The minimum absolute atomic E-state index is 0.0184. The highest BCUT2D eigenvalue weighted by atomic mass is 16.5. The molecule has 35 heavy (non-hydrogen) atoms. The number of piperidine rings is 1. The number of likely N-dealkylation sites (N-methyl/N-ethyl adjacent to an activating group) is 1. The van der Waals surface area contributed by atoms with E-state index in [0.717, 1.165) is 42.8 Å². The summed E-state index contributed by atoms with van der Waals surface area (Å²) in [6.45, 7) is 5.54. The number of carbonyl (C=O) groups is 1. The lowest BCUT2D eigenvalue weighted by Crippen LogP contribution is -2.78.